The van der Waals surface area contributed by atoms with E-state index in [0.29, 0.717) is 0 Å². The van der Waals surface area contributed by atoms with Crippen molar-refractivity contribution < 1.29 is 0 Å². The molecular formula is C56H57N5. The second kappa shape index (κ2) is 18.6. The van der Waals surface area contributed by atoms with Crippen LogP contribution in [0.5, 0.6) is 0 Å². The molecule has 0 fully saturated rings. The quantitative estimate of drug-likeness (QED) is 0.150. The summed E-state index contributed by atoms with van der Waals surface area (Å²) in [7, 11) is 2.12. The van der Waals surface area contributed by atoms with E-state index in [4.69, 9.17) is 0 Å². The Kier molecular flexibility index (Phi) is 12.5. The highest BCUT2D eigenvalue weighted by atomic mass is 15.1. The molecule has 3 aliphatic rings. The van der Waals surface area contributed by atoms with Crippen LogP contribution >= 0.6 is 0 Å². The first-order valence-electron chi connectivity index (χ1n) is 21.7. The van der Waals surface area contributed by atoms with E-state index >= 15 is 0 Å². The number of aromatic nitrogens is 2. The Hall–Kier alpha value is -6.82. The van der Waals surface area contributed by atoms with E-state index in [-0.39, 0.29) is 0 Å². The molecule has 0 amide bonds. The monoisotopic (exact) mass is 799 g/mol. The molecule has 10 rings (SSSR count). The number of hydrogen-bond acceptors (Lipinski definition) is 3. The molecule has 5 nitrogen and oxygen atoms in total. The van der Waals surface area contributed by atoms with Gasteiger partial charge in [-0.2, -0.15) is 0 Å². The fraction of sp³-hybridized carbons (Fsp3) is 0.179. The van der Waals surface area contributed by atoms with Crippen molar-refractivity contribution in [3.05, 3.63) is 203 Å². The van der Waals surface area contributed by atoms with Gasteiger partial charge in [-0.3, -0.25) is 5.32 Å². The summed E-state index contributed by atoms with van der Waals surface area (Å²) in [5.41, 5.74) is 20.5. The first kappa shape index (κ1) is 40.9. The van der Waals surface area contributed by atoms with Crippen LogP contribution in [-0.2, 0) is 13.5 Å². The fourth-order valence-corrected chi connectivity index (χ4v) is 9.01. The zero-order chi connectivity index (χ0) is 42.3. The topological polar surface area (TPSA) is 46.0 Å². The Balaban J connectivity index is 0.000000169. The van der Waals surface area contributed by atoms with Crippen LogP contribution in [-0.4, -0.2) is 28.9 Å². The highest BCUT2D eigenvalue weighted by Gasteiger charge is 2.22. The highest BCUT2D eigenvalue weighted by Crippen LogP contribution is 2.40. The molecule has 0 saturated heterocycles. The van der Waals surface area contributed by atoms with Gasteiger partial charge in [0.15, 0.2) is 0 Å². The van der Waals surface area contributed by atoms with E-state index in [9.17, 15) is 0 Å². The Morgan fingerprint density at radius 1 is 0.656 bits per heavy atom. The summed E-state index contributed by atoms with van der Waals surface area (Å²) in [5, 5.41) is 12.8. The number of nitrogens with zero attached hydrogens (tertiary/aromatic N) is 2. The second-order valence-electron chi connectivity index (χ2n) is 15.5. The number of nitrogens with one attached hydrogen (secondary N) is 3. The van der Waals surface area contributed by atoms with Crippen molar-refractivity contribution in [2.45, 2.75) is 40.5 Å². The maximum absolute atomic E-state index is 4.06. The predicted octanol–water partition coefficient (Wildman–Crippen LogP) is 12.9. The van der Waals surface area contributed by atoms with Gasteiger partial charge in [-0.25, -0.2) is 0 Å². The van der Waals surface area contributed by atoms with E-state index in [1.165, 1.54) is 94.6 Å². The van der Waals surface area contributed by atoms with Gasteiger partial charge in [0.05, 0.1) is 12.2 Å². The number of benzene rings is 5. The highest BCUT2D eigenvalue weighted by molar-refractivity contribution is 6.01. The van der Waals surface area contributed by atoms with Crippen LogP contribution in [0.4, 0.5) is 0 Å². The second-order valence-corrected chi connectivity index (χ2v) is 15.5. The fourth-order valence-electron chi connectivity index (χ4n) is 9.01. The molecule has 0 spiro atoms. The largest absolute Gasteiger partial charge is 0.380 e. The average molecular weight is 800 g/mol. The molecule has 2 aliphatic heterocycles. The maximum Gasteiger partial charge on any atom is 0.0650 e. The van der Waals surface area contributed by atoms with Gasteiger partial charge in [0.2, 0.25) is 0 Å². The minimum atomic E-state index is 0.841. The first-order chi connectivity index (χ1) is 30.0. The molecule has 2 aromatic heterocycles. The smallest absolute Gasteiger partial charge is 0.0650 e. The van der Waals surface area contributed by atoms with Crippen LogP contribution in [0.25, 0.3) is 68.1 Å². The standard InChI is InChI=1S/C32H28N2.C22H23N3.C2H6/c1-4-11-25-27-20-22(16-18-30(27)33(3)29(25)5-2)23-17-19-32-28(21-23)26-14-9-10-15-31(26)34(32)24-12-7-6-8-13-24;1-16-11-20(17-5-3-2-4-6-17)14-25-22(16)19-9-7-18(8-10-19)21-12-23-15-24-13-21;1-2/h4-16,18,20-21H,2,17,19H2,1,3H3;2-12,23-25H,13-15H2,1H3;1-2H3/b11-4-;;. The third-order valence-electron chi connectivity index (χ3n) is 11.9. The van der Waals surface area contributed by atoms with Crippen LogP contribution in [0.2, 0.25) is 0 Å². The van der Waals surface area contributed by atoms with E-state index in [1.54, 1.807) is 0 Å². The molecule has 61 heavy (non-hydrogen) atoms. The number of dihydropyridines is 1. The number of para-hydroxylation sites is 2. The van der Waals surface area contributed by atoms with Crippen molar-refractivity contribution in [1.29, 1.82) is 0 Å². The summed E-state index contributed by atoms with van der Waals surface area (Å²) in [4.78, 5) is 0. The summed E-state index contributed by atoms with van der Waals surface area (Å²) in [6.07, 6.45) is 15.1. The van der Waals surface area contributed by atoms with Gasteiger partial charge in [-0.1, -0.05) is 136 Å². The first-order valence-corrected chi connectivity index (χ1v) is 21.7. The van der Waals surface area contributed by atoms with Crippen LogP contribution < -0.4 is 16.0 Å². The summed E-state index contributed by atoms with van der Waals surface area (Å²) in [6, 6.07) is 45.8. The lowest BCUT2D eigenvalue weighted by molar-refractivity contribution is 0.678. The molecule has 5 heteroatoms. The third kappa shape index (κ3) is 8.22. The molecule has 0 atom stereocenters. The Bertz CT molecular complexity index is 2840. The lowest BCUT2D eigenvalue weighted by atomic mass is 9.90. The Morgan fingerprint density at radius 3 is 2.05 bits per heavy atom. The van der Waals surface area contributed by atoms with Gasteiger partial charge >= 0.3 is 0 Å². The van der Waals surface area contributed by atoms with Crippen LogP contribution in [0.1, 0.15) is 78.9 Å². The maximum atomic E-state index is 4.06. The van der Waals surface area contributed by atoms with E-state index in [2.05, 4.69) is 210 Å². The Morgan fingerprint density at radius 2 is 1.34 bits per heavy atom. The minimum absolute atomic E-state index is 0.841. The number of allylic oxidation sites excluding steroid dienone is 4. The van der Waals surface area contributed by atoms with Crippen molar-refractivity contribution in [3.63, 3.8) is 0 Å². The van der Waals surface area contributed by atoms with E-state index in [1.807, 2.05) is 19.9 Å². The van der Waals surface area contributed by atoms with E-state index < -0.39 is 0 Å². The van der Waals surface area contributed by atoms with Gasteiger partial charge in [-0.15, -0.1) is 0 Å². The van der Waals surface area contributed by atoms with Gasteiger partial charge in [0, 0.05) is 76.5 Å². The van der Waals surface area contributed by atoms with Crippen molar-refractivity contribution in [2.24, 2.45) is 7.05 Å². The number of rotatable bonds is 7. The summed E-state index contributed by atoms with van der Waals surface area (Å²) in [5.74, 6) is 0. The average Bonchev–Trinajstić information content (AvgIpc) is 3.80. The molecule has 1 aliphatic carbocycles. The summed E-state index contributed by atoms with van der Waals surface area (Å²) in [6.45, 7) is 14.9. The molecule has 0 radical (unpaired) electrons. The van der Waals surface area contributed by atoms with Crippen LogP contribution in [0.3, 0.4) is 0 Å². The molecule has 0 bridgehead atoms. The van der Waals surface area contributed by atoms with Crippen molar-refractivity contribution in [3.8, 4) is 5.69 Å². The SMILES string of the molecule is C=Cc1c(/C=C\C)c2cc(C3=Cc4c(n(-c5ccccc5)c5ccccc45)CC3)ccc2n1C.CC.CC1=C(c2ccc(C3=CNCNC3)cc2)NCC(c2ccccc2)=C1. The van der Waals surface area contributed by atoms with Gasteiger partial charge in [0.25, 0.3) is 0 Å². The minimum Gasteiger partial charge on any atom is -0.380 e. The van der Waals surface area contributed by atoms with Gasteiger partial charge in [-0.05, 0) is 114 Å². The molecule has 4 heterocycles. The third-order valence-corrected chi connectivity index (χ3v) is 11.9. The Labute approximate surface area is 361 Å². The van der Waals surface area contributed by atoms with Crippen LogP contribution in [0, 0.1) is 0 Å². The van der Waals surface area contributed by atoms with Crippen LogP contribution in [0.15, 0.2) is 158 Å². The van der Waals surface area contributed by atoms with E-state index in [0.717, 1.165) is 38.3 Å². The number of fused-ring (bicyclic) bond motifs is 4. The molecule has 7 aromatic rings. The zero-order valence-electron chi connectivity index (χ0n) is 36.2. The van der Waals surface area contributed by atoms with Gasteiger partial charge < -0.3 is 19.8 Å². The van der Waals surface area contributed by atoms with Crippen molar-refractivity contribution in [2.75, 3.05) is 19.8 Å². The summed E-state index contributed by atoms with van der Waals surface area (Å²) < 4.78 is 4.68. The van der Waals surface area contributed by atoms with Crippen molar-refractivity contribution in [1.82, 2.24) is 25.1 Å². The molecule has 306 valence electrons. The predicted molar refractivity (Wildman–Crippen MR) is 264 cm³/mol. The molecule has 0 unspecified atom stereocenters. The molecule has 5 aromatic carbocycles. The zero-order valence-corrected chi connectivity index (χ0v) is 36.2. The molecule has 3 N–H and O–H groups in total. The molecule has 0 saturated carbocycles. The molecular weight excluding hydrogens is 743 g/mol. The summed E-state index contributed by atoms with van der Waals surface area (Å²) >= 11 is 0. The normalized spacial score (nSPS) is 14.7. The number of aryl methyl sites for hydroxylation is 1. The van der Waals surface area contributed by atoms with Crippen molar-refractivity contribution >= 4 is 62.5 Å². The lowest BCUT2D eigenvalue weighted by Gasteiger charge is -2.22. The number of hydrogen-bond donors (Lipinski definition) is 3. The van der Waals surface area contributed by atoms with Gasteiger partial charge in [0.1, 0.15) is 0 Å². The lowest BCUT2D eigenvalue weighted by Crippen LogP contribution is -2.31.